The fourth-order valence-electron chi connectivity index (χ4n) is 3.19. The van der Waals surface area contributed by atoms with Crippen molar-refractivity contribution >= 4 is 17.6 Å². The quantitative estimate of drug-likeness (QED) is 0.758. The van der Waals surface area contributed by atoms with E-state index in [0.717, 1.165) is 29.0 Å². The molecule has 1 aliphatic heterocycles. The third-order valence-corrected chi connectivity index (χ3v) is 4.86. The summed E-state index contributed by atoms with van der Waals surface area (Å²) in [5.41, 5.74) is 3.26. The van der Waals surface area contributed by atoms with E-state index in [0.29, 0.717) is 31.8 Å². The Labute approximate surface area is 170 Å². The minimum atomic E-state index is -1.13. The van der Waals surface area contributed by atoms with Crippen LogP contribution in [0.4, 0.5) is 5.69 Å². The van der Waals surface area contributed by atoms with Gasteiger partial charge in [-0.15, -0.1) is 0 Å². The monoisotopic (exact) mass is 395 g/mol. The molecule has 1 aliphatic rings. The maximum atomic E-state index is 11.9. The number of rotatable bonds is 6. The number of benzene rings is 1. The number of hydrogen-bond donors (Lipinski definition) is 1. The lowest BCUT2D eigenvalue weighted by Crippen LogP contribution is -2.41. The highest BCUT2D eigenvalue weighted by Gasteiger charge is 2.23. The van der Waals surface area contributed by atoms with Gasteiger partial charge in [0.15, 0.2) is 0 Å². The smallest absolute Gasteiger partial charge is 0.328 e. The van der Waals surface area contributed by atoms with Gasteiger partial charge in [0.25, 0.3) is 0 Å². The summed E-state index contributed by atoms with van der Waals surface area (Å²) in [6.45, 7) is 1.06. The van der Waals surface area contributed by atoms with Crippen molar-refractivity contribution in [2.45, 2.75) is 18.9 Å². The summed E-state index contributed by atoms with van der Waals surface area (Å²) in [6.07, 6.45) is 5.11. The molecule has 0 saturated carbocycles. The zero-order valence-corrected chi connectivity index (χ0v) is 16.6. The minimum absolute atomic E-state index is 0.0137. The third-order valence-electron chi connectivity index (χ3n) is 4.86. The average Bonchev–Trinajstić information content (AvgIpc) is 2.73. The molecule has 0 radical (unpaired) electrons. The first kappa shape index (κ1) is 20.4. The van der Waals surface area contributed by atoms with Crippen molar-refractivity contribution in [3.8, 4) is 17.0 Å². The summed E-state index contributed by atoms with van der Waals surface area (Å²) in [4.78, 5) is 30.5. The molecule has 0 atom stereocenters. The standard InChI is InChI=1S/C22H25N3O4/c1-24(2)18-6-3-16(4-7-18)17-5-8-20(23-15-17)29-19-11-13-25(14-12-19)21(26)9-10-22(27)28/h3-10,15,19H,11-14H2,1-2H3,(H,27,28)/b10-9+. The average molecular weight is 395 g/mol. The number of nitrogens with zero attached hydrogens (tertiary/aromatic N) is 3. The van der Waals surface area contributed by atoms with Crippen molar-refractivity contribution in [3.63, 3.8) is 0 Å². The van der Waals surface area contributed by atoms with Gasteiger partial charge in [-0.05, 0) is 23.8 Å². The van der Waals surface area contributed by atoms with Crippen LogP contribution in [0.5, 0.6) is 5.88 Å². The van der Waals surface area contributed by atoms with Gasteiger partial charge >= 0.3 is 5.97 Å². The molecule has 1 saturated heterocycles. The molecule has 0 aliphatic carbocycles. The molecule has 1 aromatic heterocycles. The fraction of sp³-hybridized carbons (Fsp3) is 0.318. The summed E-state index contributed by atoms with van der Waals surface area (Å²) in [5.74, 6) is -0.845. The van der Waals surface area contributed by atoms with Gasteiger partial charge in [0, 0.05) is 75.7 Å². The largest absolute Gasteiger partial charge is 0.478 e. The summed E-state index contributed by atoms with van der Waals surface area (Å²) in [6, 6.07) is 12.1. The Morgan fingerprint density at radius 1 is 1.07 bits per heavy atom. The van der Waals surface area contributed by atoms with Crippen molar-refractivity contribution in [2.24, 2.45) is 0 Å². The molecule has 1 fully saturated rings. The second-order valence-corrected chi connectivity index (χ2v) is 7.14. The lowest BCUT2D eigenvalue weighted by molar-refractivity contribution is -0.132. The Morgan fingerprint density at radius 2 is 1.72 bits per heavy atom. The van der Waals surface area contributed by atoms with Crippen LogP contribution in [0.1, 0.15) is 12.8 Å². The zero-order chi connectivity index (χ0) is 20.8. The number of pyridine rings is 1. The van der Waals surface area contributed by atoms with Crippen LogP contribution < -0.4 is 9.64 Å². The van der Waals surface area contributed by atoms with E-state index in [-0.39, 0.29) is 12.0 Å². The van der Waals surface area contributed by atoms with Gasteiger partial charge in [0.05, 0.1) is 0 Å². The number of hydrogen-bond acceptors (Lipinski definition) is 5. The SMILES string of the molecule is CN(C)c1ccc(-c2ccc(OC3CCN(C(=O)/C=C/C(=O)O)CC3)nc2)cc1. The molecule has 7 heteroatoms. The topological polar surface area (TPSA) is 83.0 Å². The van der Waals surface area contributed by atoms with Crippen molar-refractivity contribution in [1.29, 1.82) is 0 Å². The highest BCUT2D eigenvalue weighted by atomic mass is 16.5. The van der Waals surface area contributed by atoms with E-state index in [1.54, 1.807) is 11.1 Å². The van der Waals surface area contributed by atoms with E-state index in [4.69, 9.17) is 9.84 Å². The molecule has 0 bridgehead atoms. The lowest BCUT2D eigenvalue weighted by atomic mass is 10.1. The maximum Gasteiger partial charge on any atom is 0.328 e. The zero-order valence-electron chi connectivity index (χ0n) is 16.6. The number of carboxylic acid groups (broad SMARTS) is 1. The number of carboxylic acids is 1. The number of ether oxygens (including phenoxy) is 1. The Morgan fingerprint density at radius 3 is 2.28 bits per heavy atom. The van der Waals surface area contributed by atoms with Crippen LogP contribution in [0.3, 0.4) is 0 Å². The second-order valence-electron chi connectivity index (χ2n) is 7.14. The van der Waals surface area contributed by atoms with Crippen molar-refractivity contribution < 1.29 is 19.4 Å². The lowest BCUT2D eigenvalue weighted by Gasteiger charge is -2.31. The summed E-state index contributed by atoms with van der Waals surface area (Å²) < 4.78 is 5.96. The van der Waals surface area contributed by atoms with Crippen molar-refractivity contribution in [1.82, 2.24) is 9.88 Å². The molecular formula is C22H25N3O4. The number of likely N-dealkylation sites (tertiary alicyclic amines) is 1. The van der Waals surface area contributed by atoms with Gasteiger partial charge in [-0.25, -0.2) is 9.78 Å². The Kier molecular flexibility index (Phi) is 6.49. The first-order valence-corrected chi connectivity index (χ1v) is 9.53. The number of amides is 1. The number of piperidine rings is 1. The number of carbonyl (C=O) groups excluding carboxylic acids is 1. The molecule has 152 valence electrons. The molecule has 1 aromatic carbocycles. The predicted octanol–water partition coefficient (Wildman–Crippen LogP) is 2.83. The number of aromatic nitrogens is 1. The van der Waals surface area contributed by atoms with Crippen molar-refractivity contribution in [3.05, 3.63) is 54.7 Å². The third kappa shape index (κ3) is 5.57. The van der Waals surface area contributed by atoms with E-state index >= 15 is 0 Å². The van der Waals surface area contributed by atoms with Gasteiger partial charge in [0.2, 0.25) is 11.8 Å². The fourth-order valence-corrected chi connectivity index (χ4v) is 3.19. The van der Waals surface area contributed by atoms with Crippen LogP contribution in [-0.2, 0) is 9.59 Å². The summed E-state index contributed by atoms with van der Waals surface area (Å²) in [5, 5.41) is 8.61. The molecule has 1 N–H and O–H groups in total. The van der Waals surface area contributed by atoms with Gasteiger partial charge in [-0.3, -0.25) is 4.79 Å². The summed E-state index contributed by atoms with van der Waals surface area (Å²) in [7, 11) is 4.02. The van der Waals surface area contributed by atoms with Crippen molar-refractivity contribution in [2.75, 3.05) is 32.1 Å². The van der Waals surface area contributed by atoms with E-state index in [1.165, 1.54) is 0 Å². The normalized spacial score (nSPS) is 14.8. The first-order chi connectivity index (χ1) is 13.9. The highest BCUT2D eigenvalue weighted by Crippen LogP contribution is 2.24. The Hall–Kier alpha value is -3.35. The molecule has 2 aromatic rings. The molecular weight excluding hydrogens is 370 g/mol. The number of anilines is 1. The minimum Gasteiger partial charge on any atom is -0.478 e. The predicted molar refractivity (Wildman–Crippen MR) is 111 cm³/mol. The molecule has 0 spiro atoms. The van der Waals surface area contributed by atoms with Crippen LogP contribution in [0.15, 0.2) is 54.7 Å². The van der Waals surface area contributed by atoms with Gasteiger partial charge in [0.1, 0.15) is 6.10 Å². The highest BCUT2D eigenvalue weighted by molar-refractivity contribution is 5.93. The molecule has 0 unspecified atom stereocenters. The van der Waals surface area contributed by atoms with E-state index in [9.17, 15) is 9.59 Å². The van der Waals surface area contributed by atoms with Crippen LogP contribution in [-0.4, -0.2) is 60.2 Å². The molecule has 1 amide bonds. The maximum absolute atomic E-state index is 11.9. The van der Waals surface area contributed by atoms with E-state index < -0.39 is 5.97 Å². The number of carbonyl (C=O) groups is 2. The van der Waals surface area contributed by atoms with Crippen LogP contribution in [0.2, 0.25) is 0 Å². The molecule has 3 rings (SSSR count). The van der Waals surface area contributed by atoms with Gasteiger partial charge < -0.3 is 19.6 Å². The first-order valence-electron chi connectivity index (χ1n) is 9.53. The molecule has 7 nitrogen and oxygen atoms in total. The molecule has 29 heavy (non-hydrogen) atoms. The van der Waals surface area contributed by atoms with Crippen LogP contribution in [0, 0.1) is 0 Å². The van der Waals surface area contributed by atoms with Crippen LogP contribution in [0.25, 0.3) is 11.1 Å². The van der Waals surface area contributed by atoms with Gasteiger partial charge in [-0.1, -0.05) is 12.1 Å². The van der Waals surface area contributed by atoms with E-state index in [1.807, 2.05) is 26.2 Å². The summed E-state index contributed by atoms with van der Waals surface area (Å²) >= 11 is 0. The Balaban J connectivity index is 1.53. The van der Waals surface area contributed by atoms with E-state index in [2.05, 4.69) is 34.1 Å². The van der Waals surface area contributed by atoms with Gasteiger partial charge in [-0.2, -0.15) is 0 Å². The molecule has 2 heterocycles. The Bertz CT molecular complexity index is 868. The number of aliphatic carboxylic acids is 1. The second kappa shape index (κ2) is 9.23. The van der Waals surface area contributed by atoms with Crippen LogP contribution >= 0.6 is 0 Å².